The van der Waals surface area contributed by atoms with Crippen LogP contribution in [-0.4, -0.2) is 20.8 Å². The molecule has 2 fully saturated rings. The Bertz CT molecular complexity index is 408. The number of aromatic nitrogens is 3. The van der Waals surface area contributed by atoms with Gasteiger partial charge in [-0.25, -0.2) is 0 Å². The van der Waals surface area contributed by atoms with E-state index in [1.54, 1.807) is 0 Å². The zero-order valence-electron chi connectivity index (χ0n) is 11.3. The second kappa shape index (κ2) is 4.65. The summed E-state index contributed by atoms with van der Waals surface area (Å²) < 4.78 is 2.34. The van der Waals surface area contributed by atoms with Crippen molar-refractivity contribution in [3.63, 3.8) is 0 Å². The summed E-state index contributed by atoms with van der Waals surface area (Å²) >= 11 is 0. The standard InChI is InChI=1S/C14H24N4/c1-14(9-5-8-12(14)15)13-17-16-10-18(13)11-6-3-2-4-7-11/h10-12H,2-9,15H2,1H3. The summed E-state index contributed by atoms with van der Waals surface area (Å²) in [5.41, 5.74) is 6.36. The topological polar surface area (TPSA) is 56.7 Å². The molecular weight excluding hydrogens is 224 g/mol. The molecule has 0 radical (unpaired) electrons. The van der Waals surface area contributed by atoms with Gasteiger partial charge in [0.1, 0.15) is 12.2 Å². The third-order valence-electron chi connectivity index (χ3n) is 5.08. The third-order valence-corrected chi connectivity index (χ3v) is 5.08. The lowest BCUT2D eigenvalue weighted by Gasteiger charge is -2.32. The van der Waals surface area contributed by atoms with Gasteiger partial charge in [-0.2, -0.15) is 0 Å². The van der Waals surface area contributed by atoms with Crippen LogP contribution in [0.25, 0.3) is 0 Å². The van der Waals surface area contributed by atoms with Gasteiger partial charge in [0.2, 0.25) is 0 Å². The number of hydrogen-bond acceptors (Lipinski definition) is 3. The monoisotopic (exact) mass is 248 g/mol. The molecule has 1 aromatic rings. The fourth-order valence-electron chi connectivity index (χ4n) is 3.75. The molecule has 2 aliphatic rings. The first-order chi connectivity index (χ1) is 8.72. The minimum absolute atomic E-state index is 0.0357. The van der Waals surface area contributed by atoms with E-state index in [9.17, 15) is 0 Å². The van der Waals surface area contributed by atoms with Crippen LogP contribution in [-0.2, 0) is 5.41 Å². The molecule has 0 amide bonds. The quantitative estimate of drug-likeness (QED) is 0.875. The van der Waals surface area contributed by atoms with Crippen LogP contribution in [0.2, 0.25) is 0 Å². The summed E-state index contributed by atoms with van der Waals surface area (Å²) in [6.07, 6.45) is 12.0. The van der Waals surface area contributed by atoms with Gasteiger partial charge in [-0.3, -0.25) is 0 Å². The first-order valence-electron chi connectivity index (χ1n) is 7.37. The summed E-state index contributed by atoms with van der Waals surface area (Å²) in [5.74, 6) is 1.14. The number of rotatable bonds is 2. The molecule has 2 unspecified atom stereocenters. The second-order valence-electron chi connectivity index (χ2n) is 6.27. The second-order valence-corrected chi connectivity index (χ2v) is 6.27. The number of nitrogens with two attached hydrogens (primary N) is 1. The van der Waals surface area contributed by atoms with Crippen LogP contribution < -0.4 is 5.73 Å². The van der Waals surface area contributed by atoms with Gasteiger partial charge in [-0.1, -0.05) is 32.6 Å². The van der Waals surface area contributed by atoms with E-state index in [1.807, 2.05) is 6.33 Å². The van der Waals surface area contributed by atoms with E-state index in [0.29, 0.717) is 6.04 Å². The highest BCUT2D eigenvalue weighted by atomic mass is 15.3. The number of nitrogens with zero attached hydrogens (tertiary/aromatic N) is 3. The van der Waals surface area contributed by atoms with Gasteiger partial charge in [0.05, 0.1) is 0 Å². The molecule has 100 valence electrons. The summed E-state index contributed by atoms with van der Waals surface area (Å²) in [6.45, 7) is 2.27. The van der Waals surface area contributed by atoms with Crippen LogP contribution >= 0.6 is 0 Å². The van der Waals surface area contributed by atoms with E-state index in [2.05, 4.69) is 21.7 Å². The fraction of sp³-hybridized carbons (Fsp3) is 0.857. The summed E-state index contributed by atoms with van der Waals surface area (Å²) in [6, 6.07) is 0.845. The third kappa shape index (κ3) is 1.87. The largest absolute Gasteiger partial charge is 0.327 e. The van der Waals surface area contributed by atoms with Crippen LogP contribution in [0, 0.1) is 0 Å². The lowest BCUT2D eigenvalue weighted by molar-refractivity contribution is 0.310. The molecule has 0 aliphatic heterocycles. The molecule has 18 heavy (non-hydrogen) atoms. The van der Waals surface area contributed by atoms with Gasteiger partial charge in [0.15, 0.2) is 0 Å². The molecule has 4 nitrogen and oxygen atoms in total. The van der Waals surface area contributed by atoms with Gasteiger partial charge in [0, 0.05) is 17.5 Å². The molecule has 2 atom stereocenters. The van der Waals surface area contributed by atoms with Crippen molar-refractivity contribution in [2.75, 3.05) is 0 Å². The Morgan fingerprint density at radius 1 is 1.22 bits per heavy atom. The van der Waals surface area contributed by atoms with E-state index in [-0.39, 0.29) is 11.5 Å². The maximum Gasteiger partial charge on any atom is 0.140 e. The van der Waals surface area contributed by atoms with Gasteiger partial charge in [0.25, 0.3) is 0 Å². The van der Waals surface area contributed by atoms with Crippen molar-refractivity contribution in [1.29, 1.82) is 0 Å². The first kappa shape index (κ1) is 12.2. The fourth-order valence-corrected chi connectivity index (χ4v) is 3.75. The average molecular weight is 248 g/mol. The van der Waals surface area contributed by atoms with Crippen molar-refractivity contribution in [1.82, 2.24) is 14.8 Å². The van der Waals surface area contributed by atoms with Crippen molar-refractivity contribution in [2.24, 2.45) is 5.73 Å². The van der Waals surface area contributed by atoms with Gasteiger partial charge in [-0.15, -0.1) is 10.2 Å². The van der Waals surface area contributed by atoms with E-state index < -0.39 is 0 Å². The molecule has 3 rings (SSSR count). The summed E-state index contributed by atoms with van der Waals surface area (Å²) in [4.78, 5) is 0. The zero-order valence-corrected chi connectivity index (χ0v) is 11.3. The van der Waals surface area contributed by atoms with E-state index in [1.165, 1.54) is 38.5 Å². The van der Waals surface area contributed by atoms with Crippen LogP contribution in [0.1, 0.15) is 70.2 Å². The molecule has 0 saturated heterocycles. The Balaban J connectivity index is 1.91. The van der Waals surface area contributed by atoms with E-state index in [0.717, 1.165) is 18.7 Å². The molecule has 1 heterocycles. The molecule has 2 N–H and O–H groups in total. The van der Waals surface area contributed by atoms with E-state index >= 15 is 0 Å². The highest BCUT2D eigenvalue weighted by Crippen LogP contribution is 2.40. The SMILES string of the molecule is CC1(c2nncn2C2CCCCC2)CCCC1N. The summed E-state index contributed by atoms with van der Waals surface area (Å²) in [7, 11) is 0. The average Bonchev–Trinajstić information content (AvgIpc) is 2.99. The first-order valence-corrected chi connectivity index (χ1v) is 7.37. The van der Waals surface area contributed by atoms with Crippen molar-refractivity contribution in [3.05, 3.63) is 12.2 Å². The molecule has 4 heteroatoms. The highest BCUT2D eigenvalue weighted by Gasteiger charge is 2.42. The van der Waals surface area contributed by atoms with Gasteiger partial charge >= 0.3 is 0 Å². The Morgan fingerprint density at radius 2 is 2.00 bits per heavy atom. The van der Waals surface area contributed by atoms with Crippen molar-refractivity contribution in [3.8, 4) is 0 Å². The Morgan fingerprint density at radius 3 is 2.67 bits per heavy atom. The maximum atomic E-state index is 6.32. The molecule has 1 aromatic heterocycles. The lowest BCUT2D eigenvalue weighted by atomic mass is 9.83. The highest BCUT2D eigenvalue weighted by molar-refractivity contribution is 5.15. The van der Waals surface area contributed by atoms with E-state index in [4.69, 9.17) is 5.73 Å². The van der Waals surface area contributed by atoms with Gasteiger partial charge in [-0.05, 0) is 25.7 Å². The molecular formula is C14H24N4. The molecule has 0 bridgehead atoms. The minimum Gasteiger partial charge on any atom is -0.327 e. The Labute approximate surface area is 109 Å². The molecule has 2 aliphatic carbocycles. The van der Waals surface area contributed by atoms with Crippen molar-refractivity contribution in [2.45, 2.75) is 75.8 Å². The normalized spacial score (nSPS) is 34.0. The minimum atomic E-state index is 0.0357. The molecule has 2 saturated carbocycles. The molecule has 0 aromatic carbocycles. The predicted molar refractivity (Wildman–Crippen MR) is 71.3 cm³/mol. The van der Waals surface area contributed by atoms with Gasteiger partial charge < -0.3 is 10.3 Å². The Kier molecular flexibility index (Phi) is 3.14. The van der Waals surface area contributed by atoms with Crippen LogP contribution in [0.5, 0.6) is 0 Å². The van der Waals surface area contributed by atoms with Crippen LogP contribution in [0.4, 0.5) is 0 Å². The predicted octanol–water partition coefficient (Wildman–Crippen LogP) is 2.55. The Hall–Kier alpha value is -0.900. The van der Waals surface area contributed by atoms with Crippen molar-refractivity contribution < 1.29 is 0 Å². The maximum absolute atomic E-state index is 6.32. The smallest absolute Gasteiger partial charge is 0.140 e. The lowest BCUT2D eigenvalue weighted by Crippen LogP contribution is -2.41. The number of hydrogen-bond donors (Lipinski definition) is 1. The zero-order chi connectivity index (χ0) is 12.6. The van der Waals surface area contributed by atoms with Crippen molar-refractivity contribution >= 4 is 0 Å². The molecule has 0 spiro atoms. The van der Waals surface area contributed by atoms with Crippen LogP contribution in [0.3, 0.4) is 0 Å². The van der Waals surface area contributed by atoms with Crippen LogP contribution in [0.15, 0.2) is 6.33 Å². The summed E-state index contributed by atoms with van der Waals surface area (Å²) in [5, 5.41) is 8.61.